The molecule has 4 aromatic rings. The molecule has 4 rings (SSSR count). The van der Waals surface area contributed by atoms with Crippen molar-refractivity contribution in [2.45, 2.75) is 13.5 Å². The van der Waals surface area contributed by atoms with Gasteiger partial charge in [-0.2, -0.15) is 15.0 Å². The van der Waals surface area contributed by atoms with Gasteiger partial charge in [-0.05, 0) is 31.2 Å². The van der Waals surface area contributed by atoms with Crippen molar-refractivity contribution < 1.29 is 9.53 Å². The van der Waals surface area contributed by atoms with Gasteiger partial charge < -0.3 is 15.8 Å². The number of anilines is 3. The highest BCUT2D eigenvalue weighted by Crippen LogP contribution is 2.20. The number of ether oxygens (including phenoxy) is 1. The van der Waals surface area contributed by atoms with Gasteiger partial charge in [-0.3, -0.25) is 4.98 Å². The SMILES string of the molecule is Cc1cc(C(=O)OCc2nc(N)nc(Nc3ccccc3)n2)c2ccccc2n1. The lowest BCUT2D eigenvalue weighted by molar-refractivity contribution is 0.0464. The average molecular weight is 386 g/mol. The van der Waals surface area contributed by atoms with Crippen molar-refractivity contribution in [3.8, 4) is 0 Å². The number of esters is 1. The minimum absolute atomic E-state index is 0.0367. The lowest BCUT2D eigenvalue weighted by Gasteiger charge is -2.09. The summed E-state index contributed by atoms with van der Waals surface area (Å²) in [6.07, 6.45) is 0. The van der Waals surface area contributed by atoms with Crippen LogP contribution in [0.5, 0.6) is 0 Å². The zero-order valence-electron chi connectivity index (χ0n) is 15.7. The molecule has 0 spiro atoms. The number of para-hydroxylation sites is 2. The predicted molar refractivity (Wildman–Crippen MR) is 110 cm³/mol. The Bertz CT molecular complexity index is 1180. The van der Waals surface area contributed by atoms with Crippen LogP contribution in [0.25, 0.3) is 10.9 Å². The zero-order chi connectivity index (χ0) is 20.2. The molecule has 2 aromatic heterocycles. The maximum Gasteiger partial charge on any atom is 0.339 e. The number of nitrogens with two attached hydrogens (primary N) is 1. The van der Waals surface area contributed by atoms with Crippen molar-refractivity contribution in [3.05, 3.63) is 77.7 Å². The van der Waals surface area contributed by atoms with E-state index in [1.807, 2.05) is 61.5 Å². The topological polar surface area (TPSA) is 116 Å². The van der Waals surface area contributed by atoms with Crippen LogP contribution in [0.4, 0.5) is 17.6 Å². The van der Waals surface area contributed by atoms with Crippen LogP contribution in [0.15, 0.2) is 60.7 Å². The summed E-state index contributed by atoms with van der Waals surface area (Å²) in [4.78, 5) is 29.5. The average Bonchev–Trinajstić information content (AvgIpc) is 2.71. The summed E-state index contributed by atoms with van der Waals surface area (Å²) >= 11 is 0. The fourth-order valence-corrected chi connectivity index (χ4v) is 2.89. The number of nitrogens with zero attached hydrogens (tertiary/aromatic N) is 4. The van der Waals surface area contributed by atoms with E-state index in [2.05, 4.69) is 25.3 Å². The quantitative estimate of drug-likeness (QED) is 0.501. The largest absolute Gasteiger partial charge is 0.454 e. The Morgan fingerprint density at radius 3 is 2.59 bits per heavy atom. The van der Waals surface area contributed by atoms with E-state index in [0.717, 1.165) is 22.3 Å². The molecule has 0 saturated heterocycles. The summed E-state index contributed by atoms with van der Waals surface area (Å²) in [6, 6.07) is 18.5. The number of carbonyl (C=O) groups is 1. The molecule has 2 aromatic carbocycles. The van der Waals surface area contributed by atoms with Gasteiger partial charge in [0.1, 0.15) is 0 Å². The summed E-state index contributed by atoms with van der Waals surface area (Å²) < 4.78 is 5.43. The lowest BCUT2D eigenvalue weighted by Crippen LogP contribution is -2.12. The highest BCUT2D eigenvalue weighted by molar-refractivity contribution is 6.03. The molecule has 29 heavy (non-hydrogen) atoms. The first-order valence-electron chi connectivity index (χ1n) is 8.94. The van der Waals surface area contributed by atoms with Crippen LogP contribution in [0.2, 0.25) is 0 Å². The fourth-order valence-electron chi connectivity index (χ4n) is 2.89. The Morgan fingerprint density at radius 1 is 1.00 bits per heavy atom. The van der Waals surface area contributed by atoms with Crippen molar-refractivity contribution >= 4 is 34.5 Å². The summed E-state index contributed by atoms with van der Waals surface area (Å²) in [7, 11) is 0. The summed E-state index contributed by atoms with van der Waals surface area (Å²) in [5.41, 5.74) is 8.49. The molecular formula is C21H18N6O2. The molecule has 0 atom stereocenters. The molecule has 2 heterocycles. The molecule has 0 bridgehead atoms. The second kappa shape index (κ2) is 7.89. The number of benzene rings is 2. The van der Waals surface area contributed by atoms with Gasteiger partial charge in [-0.1, -0.05) is 36.4 Å². The molecule has 144 valence electrons. The maximum absolute atomic E-state index is 12.7. The summed E-state index contributed by atoms with van der Waals surface area (Å²) in [5, 5.41) is 3.77. The number of aromatic nitrogens is 4. The molecular weight excluding hydrogens is 368 g/mol. The van der Waals surface area contributed by atoms with Crippen molar-refractivity contribution in [2.75, 3.05) is 11.1 Å². The molecule has 0 unspecified atom stereocenters. The third kappa shape index (κ3) is 4.27. The van der Waals surface area contributed by atoms with Crippen LogP contribution in [0.1, 0.15) is 21.9 Å². The Kier molecular flexibility index (Phi) is 4.98. The second-order valence-corrected chi connectivity index (χ2v) is 6.33. The first-order valence-corrected chi connectivity index (χ1v) is 8.94. The Balaban J connectivity index is 1.53. The van der Waals surface area contributed by atoms with E-state index in [0.29, 0.717) is 5.56 Å². The van der Waals surface area contributed by atoms with E-state index in [-0.39, 0.29) is 24.3 Å². The number of rotatable bonds is 5. The summed E-state index contributed by atoms with van der Waals surface area (Å²) in [6.45, 7) is 1.70. The Hall–Kier alpha value is -4.07. The van der Waals surface area contributed by atoms with E-state index >= 15 is 0 Å². The second-order valence-electron chi connectivity index (χ2n) is 6.33. The van der Waals surface area contributed by atoms with Crippen molar-refractivity contribution in [3.63, 3.8) is 0 Å². The van der Waals surface area contributed by atoms with Gasteiger partial charge >= 0.3 is 5.97 Å². The van der Waals surface area contributed by atoms with Crippen LogP contribution in [-0.4, -0.2) is 25.9 Å². The molecule has 0 aliphatic rings. The van der Waals surface area contributed by atoms with E-state index in [1.54, 1.807) is 6.07 Å². The fraction of sp³-hybridized carbons (Fsp3) is 0.0952. The first kappa shape index (κ1) is 18.3. The van der Waals surface area contributed by atoms with Crippen LogP contribution in [0, 0.1) is 6.92 Å². The third-order valence-electron chi connectivity index (χ3n) is 4.13. The Morgan fingerprint density at radius 2 is 1.76 bits per heavy atom. The standard InChI is InChI=1S/C21H18N6O2/c1-13-11-16(15-9-5-6-10-17(15)23-13)19(28)29-12-18-25-20(22)27-21(26-18)24-14-7-3-2-4-8-14/h2-11H,12H2,1H3,(H3,22,24,25,26,27). The van der Waals surface area contributed by atoms with Gasteiger partial charge in [0.2, 0.25) is 11.9 Å². The number of hydrogen-bond acceptors (Lipinski definition) is 8. The van der Waals surface area contributed by atoms with Crippen molar-refractivity contribution in [1.29, 1.82) is 0 Å². The zero-order valence-corrected chi connectivity index (χ0v) is 15.7. The van der Waals surface area contributed by atoms with E-state index < -0.39 is 5.97 Å². The van der Waals surface area contributed by atoms with Crippen LogP contribution in [-0.2, 0) is 11.3 Å². The van der Waals surface area contributed by atoms with Crippen molar-refractivity contribution in [1.82, 2.24) is 19.9 Å². The molecule has 0 fully saturated rings. The lowest BCUT2D eigenvalue weighted by atomic mass is 10.1. The number of nitrogens with one attached hydrogen (secondary N) is 1. The normalized spacial score (nSPS) is 10.7. The smallest absolute Gasteiger partial charge is 0.339 e. The van der Waals surface area contributed by atoms with E-state index in [1.165, 1.54) is 0 Å². The van der Waals surface area contributed by atoms with Gasteiger partial charge in [0.15, 0.2) is 12.4 Å². The number of pyridine rings is 1. The number of hydrogen-bond donors (Lipinski definition) is 2. The van der Waals surface area contributed by atoms with Crippen LogP contribution in [0.3, 0.4) is 0 Å². The predicted octanol–water partition coefficient (Wildman–Crippen LogP) is 3.41. The van der Waals surface area contributed by atoms with Gasteiger partial charge in [0.25, 0.3) is 0 Å². The molecule has 8 nitrogen and oxygen atoms in total. The number of carbonyl (C=O) groups excluding carboxylic acids is 1. The van der Waals surface area contributed by atoms with Gasteiger partial charge in [-0.25, -0.2) is 4.79 Å². The number of nitrogen functional groups attached to an aromatic ring is 1. The monoisotopic (exact) mass is 386 g/mol. The third-order valence-corrected chi connectivity index (χ3v) is 4.13. The number of aryl methyl sites for hydroxylation is 1. The molecule has 8 heteroatoms. The van der Waals surface area contributed by atoms with Gasteiger partial charge in [0, 0.05) is 16.8 Å². The number of fused-ring (bicyclic) bond motifs is 1. The molecule has 0 radical (unpaired) electrons. The van der Waals surface area contributed by atoms with Crippen molar-refractivity contribution in [2.24, 2.45) is 0 Å². The van der Waals surface area contributed by atoms with Crippen LogP contribution < -0.4 is 11.1 Å². The minimum atomic E-state index is -0.483. The maximum atomic E-state index is 12.7. The molecule has 3 N–H and O–H groups in total. The van der Waals surface area contributed by atoms with Crippen LogP contribution >= 0.6 is 0 Å². The highest BCUT2D eigenvalue weighted by Gasteiger charge is 2.15. The van der Waals surface area contributed by atoms with Gasteiger partial charge in [0.05, 0.1) is 11.1 Å². The minimum Gasteiger partial charge on any atom is -0.454 e. The molecule has 0 saturated carbocycles. The first-order chi connectivity index (χ1) is 14.1. The molecule has 0 aliphatic heterocycles. The Labute approximate surface area is 166 Å². The van der Waals surface area contributed by atoms with E-state index in [4.69, 9.17) is 10.5 Å². The molecule has 0 amide bonds. The molecule has 0 aliphatic carbocycles. The van der Waals surface area contributed by atoms with Gasteiger partial charge in [-0.15, -0.1) is 0 Å². The highest BCUT2D eigenvalue weighted by atomic mass is 16.5. The van der Waals surface area contributed by atoms with E-state index in [9.17, 15) is 4.79 Å². The summed E-state index contributed by atoms with van der Waals surface area (Å²) in [5.74, 6) is 0.0808.